The summed E-state index contributed by atoms with van der Waals surface area (Å²) in [4.78, 5) is 17.0. The van der Waals surface area contributed by atoms with Gasteiger partial charge in [-0.2, -0.15) is 0 Å². The van der Waals surface area contributed by atoms with Gasteiger partial charge >= 0.3 is 0 Å². The number of ether oxygens (including phenoxy) is 1. The topological polar surface area (TPSA) is 58.8 Å². The molecule has 1 amide bonds. The van der Waals surface area contributed by atoms with E-state index in [1.54, 1.807) is 6.07 Å². The van der Waals surface area contributed by atoms with E-state index in [4.69, 9.17) is 10.5 Å². The van der Waals surface area contributed by atoms with Gasteiger partial charge < -0.3 is 15.4 Å². The first-order chi connectivity index (χ1) is 10.6. The van der Waals surface area contributed by atoms with Crippen molar-refractivity contribution in [3.63, 3.8) is 0 Å². The summed E-state index contributed by atoms with van der Waals surface area (Å²) >= 11 is 0. The molecule has 0 aliphatic carbocycles. The van der Waals surface area contributed by atoms with Crippen LogP contribution >= 0.6 is 0 Å². The second kappa shape index (κ2) is 6.67. The average Bonchev–Trinajstić information content (AvgIpc) is 2.55. The van der Waals surface area contributed by atoms with E-state index in [0.29, 0.717) is 23.4 Å². The van der Waals surface area contributed by atoms with E-state index in [9.17, 15) is 4.79 Å². The first kappa shape index (κ1) is 15.3. The van der Waals surface area contributed by atoms with E-state index >= 15 is 0 Å². The molecule has 2 aliphatic rings. The van der Waals surface area contributed by atoms with Crippen molar-refractivity contribution >= 4 is 11.6 Å². The van der Waals surface area contributed by atoms with Gasteiger partial charge in [-0.25, -0.2) is 0 Å². The molecule has 3 rings (SSSR count). The fourth-order valence-electron chi connectivity index (χ4n) is 3.47. The zero-order valence-electron chi connectivity index (χ0n) is 13.2. The number of hydrogen-bond donors (Lipinski definition) is 1. The van der Waals surface area contributed by atoms with Gasteiger partial charge in [0.25, 0.3) is 5.91 Å². The van der Waals surface area contributed by atoms with Gasteiger partial charge in [-0.1, -0.05) is 12.1 Å². The van der Waals surface area contributed by atoms with Gasteiger partial charge in [0.15, 0.2) is 0 Å². The van der Waals surface area contributed by atoms with Crippen molar-refractivity contribution in [2.24, 2.45) is 0 Å². The van der Waals surface area contributed by atoms with Gasteiger partial charge in [-0.05, 0) is 31.9 Å². The summed E-state index contributed by atoms with van der Waals surface area (Å²) in [6.45, 7) is 6.58. The van der Waals surface area contributed by atoms with Crippen molar-refractivity contribution in [2.75, 3.05) is 38.5 Å². The minimum Gasteiger partial charge on any atom is -0.398 e. The number of piperidine rings is 1. The smallest absolute Gasteiger partial charge is 0.255 e. The molecule has 2 aliphatic heterocycles. The highest BCUT2D eigenvalue weighted by molar-refractivity contribution is 5.99. The molecular formula is C17H25N3O2. The van der Waals surface area contributed by atoms with Gasteiger partial charge in [0.05, 0.1) is 18.3 Å². The maximum absolute atomic E-state index is 12.6. The van der Waals surface area contributed by atoms with Crippen LogP contribution in [0.2, 0.25) is 0 Å². The minimum absolute atomic E-state index is 0.0619. The first-order valence-corrected chi connectivity index (χ1v) is 8.14. The molecule has 22 heavy (non-hydrogen) atoms. The number of nitrogens with two attached hydrogens (primary N) is 1. The van der Waals surface area contributed by atoms with Crippen molar-refractivity contribution < 1.29 is 9.53 Å². The molecule has 2 saturated heterocycles. The average molecular weight is 303 g/mol. The zero-order valence-corrected chi connectivity index (χ0v) is 13.2. The van der Waals surface area contributed by atoms with Crippen molar-refractivity contribution in [2.45, 2.75) is 31.9 Å². The summed E-state index contributed by atoms with van der Waals surface area (Å²) in [6.07, 6.45) is 2.38. The number of anilines is 1. The maximum atomic E-state index is 12.6. The number of nitrogen functional groups attached to an aromatic ring is 1. The molecule has 120 valence electrons. The normalized spacial score (nSPS) is 24.4. The SMILES string of the molecule is CC1CN(C2CCN(C(=O)c3ccccc3N)CC2)CCO1. The number of likely N-dealkylation sites (tertiary alicyclic amines) is 1. The fraction of sp³-hybridized carbons (Fsp3) is 0.588. The third kappa shape index (κ3) is 3.25. The first-order valence-electron chi connectivity index (χ1n) is 8.14. The number of carbonyl (C=O) groups is 1. The van der Waals surface area contributed by atoms with Crippen molar-refractivity contribution in [3.8, 4) is 0 Å². The predicted molar refractivity (Wildman–Crippen MR) is 86.8 cm³/mol. The molecule has 1 aromatic carbocycles. The van der Waals surface area contributed by atoms with Crippen LogP contribution in [0, 0.1) is 0 Å². The van der Waals surface area contributed by atoms with Crippen LogP contribution in [0.1, 0.15) is 30.1 Å². The van der Waals surface area contributed by atoms with E-state index < -0.39 is 0 Å². The molecule has 1 aromatic rings. The number of para-hydroxylation sites is 1. The van der Waals surface area contributed by atoms with Gasteiger partial charge in [-0.15, -0.1) is 0 Å². The number of hydrogen-bond acceptors (Lipinski definition) is 4. The van der Waals surface area contributed by atoms with Crippen molar-refractivity contribution in [3.05, 3.63) is 29.8 Å². The highest BCUT2D eigenvalue weighted by Gasteiger charge is 2.30. The molecule has 1 atom stereocenters. The molecule has 0 saturated carbocycles. The molecule has 2 N–H and O–H groups in total. The Labute approximate surface area is 132 Å². The van der Waals surface area contributed by atoms with Crippen LogP contribution in [0.5, 0.6) is 0 Å². The summed E-state index contributed by atoms with van der Waals surface area (Å²) in [6, 6.07) is 7.90. The van der Waals surface area contributed by atoms with Crippen molar-refractivity contribution in [1.29, 1.82) is 0 Å². The van der Waals surface area contributed by atoms with Gasteiger partial charge in [0, 0.05) is 37.9 Å². The van der Waals surface area contributed by atoms with Gasteiger partial charge in [0.1, 0.15) is 0 Å². The highest BCUT2D eigenvalue weighted by Crippen LogP contribution is 2.22. The molecule has 5 nitrogen and oxygen atoms in total. The lowest BCUT2D eigenvalue weighted by atomic mass is 10.0. The lowest BCUT2D eigenvalue weighted by Crippen LogP contribution is -2.51. The number of rotatable bonds is 2. The Kier molecular flexibility index (Phi) is 4.64. The Hall–Kier alpha value is -1.59. The standard InChI is InChI=1S/C17H25N3O2/c1-13-12-20(10-11-22-13)14-6-8-19(9-7-14)17(21)15-4-2-3-5-16(15)18/h2-5,13-14H,6-12,18H2,1H3. The zero-order chi connectivity index (χ0) is 15.5. The monoisotopic (exact) mass is 303 g/mol. The predicted octanol–water partition coefficient (Wildman–Crippen LogP) is 1.59. The Morgan fingerprint density at radius 3 is 2.64 bits per heavy atom. The van der Waals surface area contributed by atoms with E-state index in [-0.39, 0.29) is 5.91 Å². The number of benzene rings is 1. The summed E-state index contributed by atoms with van der Waals surface area (Å²) in [5.74, 6) is 0.0619. The molecule has 1 unspecified atom stereocenters. The highest BCUT2D eigenvalue weighted by atomic mass is 16.5. The summed E-state index contributed by atoms with van der Waals surface area (Å²) < 4.78 is 5.61. The molecule has 5 heteroatoms. The van der Waals surface area contributed by atoms with Gasteiger partial charge in [0.2, 0.25) is 0 Å². The molecular weight excluding hydrogens is 278 g/mol. The van der Waals surface area contributed by atoms with E-state index in [0.717, 1.165) is 45.6 Å². The molecule has 2 heterocycles. The Balaban J connectivity index is 1.57. The Morgan fingerprint density at radius 1 is 1.23 bits per heavy atom. The minimum atomic E-state index is 0.0619. The maximum Gasteiger partial charge on any atom is 0.255 e. The lowest BCUT2D eigenvalue weighted by Gasteiger charge is -2.41. The summed E-state index contributed by atoms with van der Waals surface area (Å²) in [7, 11) is 0. The third-order valence-electron chi connectivity index (χ3n) is 4.73. The van der Waals surface area contributed by atoms with Crippen LogP contribution in [0.25, 0.3) is 0 Å². The second-order valence-corrected chi connectivity index (χ2v) is 6.29. The summed E-state index contributed by atoms with van der Waals surface area (Å²) in [5.41, 5.74) is 7.11. The van der Waals surface area contributed by atoms with E-state index in [1.165, 1.54) is 0 Å². The third-order valence-corrected chi connectivity index (χ3v) is 4.73. The number of nitrogens with zero attached hydrogens (tertiary/aromatic N) is 2. The van der Waals surface area contributed by atoms with Crippen LogP contribution in [0.3, 0.4) is 0 Å². The van der Waals surface area contributed by atoms with Crippen molar-refractivity contribution in [1.82, 2.24) is 9.80 Å². The van der Waals surface area contributed by atoms with E-state index in [1.807, 2.05) is 23.1 Å². The number of carbonyl (C=O) groups excluding carboxylic acids is 1. The fourth-order valence-corrected chi connectivity index (χ4v) is 3.47. The summed E-state index contributed by atoms with van der Waals surface area (Å²) in [5, 5.41) is 0. The number of morpholine rings is 1. The number of amides is 1. The molecule has 0 spiro atoms. The van der Waals surface area contributed by atoms with Crippen LogP contribution in [-0.4, -0.2) is 60.6 Å². The largest absolute Gasteiger partial charge is 0.398 e. The van der Waals surface area contributed by atoms with Crippen LogP contribution < -0.4 is 5.73 Å². The van der Waals surface area contributed by atoms with Crippen LogP contribution in [0.15, 0.2) is 24.3 Å². The molecule has 0 aromatic heterocycles. The van der Waals surface area contributed by atoms with E-state index in [2.05, 4.69) is 11.8 Å². The second-order valence-electron chi connectivity index (χ2n) is 6.29. The van der Waals surface area contributed by atoms with Crippen LogP contribution in [0.4, 0.5) is 5.69 Å². The molecule has 0 bridgehead atoms. The Morgan fingerprint density at radius 2 is 1.95 bits per heavy atom. The van der Waals surface area contributed by atoms with Crippen LogP contribution in [-0.2, 0) is 4.74 Å². The van der Waals surface area contributed by atoms with Gasteiger partial charge in [-0.3, -0.25) is 9.69 Å². The Bertz CT molecular complexity index is 526. The molecule has 0 radical (unpaired) electrons. The lowest BCUT2D eigenvalue weighted by molar-refractivity contribution is -0.0423. The quantitative estimate of drug-likeness (QED) is 0.843. The molecule has 2 fully saturated rings.